The molecule has 2 heterocycles. The highest BCUT2D eigenvalue weighted by atomic mass is 35.5. The molecule has 0 bridgehead atoms. The predicted octanol–water partition coefficient (Wildman–Crippen LogP) is 4.15. The molecule has 1 amide bonds. The number of carbonyl (C=O) groups is 2. The molecule has 36 heavy (non-hydrogen) atoms. The Balaban J connectivity index is 1.69. The number of nitrogens with zero attached hydrogens (tertiary/aromatic N) is 2. The number of amides is 1. The van der Waals surface area contributed by atoms with E-state index in [0.29, 0.717) is 6.07 Å². The standard InChI is InChI=1S/C22H18ClF5N2O5S/c23-18-6-12(3-4-29-18)11-1-2-17(16(5-11)22(26,27)28)36(34,35)13-7-14(15(8-13)20(32)33)19(31)30-9-21(24,25)10-30/h1-6,13-15H,7-10H2,(H,32,33)/t13-,14-,15-/m1/s1. The molecule has 7 nitrogen and oxygen atoms in total. The van der Waals surface area contributed by atoms with E-state index in [-0.39, 0.29) is 16.3 Å². The molecule has 2 fully saturated rings. The van der Waals surface area contributed by atoms with E-state index >= 15 is 0 Å². The lowest BCUT2D eigenvalue weighted by atomic mass is 9.93. The fourth-order valence-electron chi connectivity index (χ4n) is 4.63. The van der Waals surface area contributed by atoms with Crippen molar-refractivity contribution in [2.24, 2.45) is 11.8 Å². The molecule has 194 valence electrons. The van der Waals surface area contributed by atoms with E-state index in [1.807, 2.05) is 0 Å². The zero-order valence-corrected chi connectivity index (χ0v) is 19.7. The van der Waals surface area contributed by atoms with Gasteiger partial charge in [-0.3, -0.25) is 9.59 Å². The maximum absolute atomic E-state index is 14.0. The molecule has 1 N–H and O–H groups in total. The lowest BCUT2D eigenvalue weighted by Crippen LogP contribution is -2.60. The first kappa shape index (κ1) is 26.3. The van der Waals surface area contributed by atoms with E-state index in [1.54, 1.807) is 0 Å². The fraction of sp³-hybridized carbons (Fsp3) is 0.409. The molecule has 0 spiro atoms. The van der Waals surface area contributed by atoms with Crippen molar-refractivity contribution in [2.75, 3.05) is 13.1 Å². The van der Waals surface area contributed by atoms with Gasteiger partial charge in [0.15, 0.2) is 9.84 Å². The number of pyridine rings is 1. The van der Waals surface area contributed by atoms with Crippen molar-refractivity contribution in [2.45, 2.75) is 35.1 Å². The highest BCUT2D eigenvalue weighted by Crippen LogP contribution is 2.44. The van der Waals surface area contributed by atoms with Gasteiger partial charge in [0.2, 0.25) is 5.91 Å². The van der Waals surface area contributed by atoms with Crippen LogP contribution in [-0.4, -0.2) is 59.5 Å². The van der Waals surface area contributed by atoms with Gasteiger partial charge < -0.3 is 10.0 Å². The molecular weight excluding hydrogens is 535 g/mol. The van der Waals surface area contributed by atoms with Gasteiger partial charge in [0.05, 0.1) is 40.6 Å². The summed E-state index contributed by atoms with van der Waals surface area (Å²) in [5.74, 6) is -8.60. The zero-order chi connectivity index (χ0) is 26.6. The van der Waals surface area contributed by atoms with Gasteiger partial charge in [-0.2, -0.15) is 13.2 Å². The van der Waals surface area contributed by atoms with Crippen molar-refractivity contribution in [3.63, 3.8) is 0 Å². The van der Waals surface area contributed by atoms with Gasteiger partial charge in [0.1, 0.15) is 5.15 Å². The summed E-state index contributed by atoms with van der Waals surface area (Å²) in [6, 6.07) is 5.27. The molecule has 4 rings (SSSR count). The highest BCUT2D eigenvalue weighted by Gasteiger charge is 2.54. The van der Waals surface area contributed by atoms with E-state index in [0.717, 1.165) is 17.0 Å². The number of likely N-dealkylation sites (tertiary alicyclic amines) is 1. The monoisotopic (exact) mass is 552 g/mol. The predicted molar refractivity (Wildman–Crippen MR) is 116 cm³/mol. The van der Waals surface area contributed by atoms with Crippen molar-refractivity contribution >= 4 is 33.3 Å². The van der Waals surface area contributed by atoms with E-state index in [2.05, 4.69) is 4.98 Å². The molecule has 1 aromatic heterocycles. The summed E-state index contributed by atoms with van der Waals surface area (Å²) >= 11 is 5.80. The summed E-state index contributed by atoms with van der Waals surface area (Å²) in [5, 5.41) is 7.91. The van der Waals surface area contributed by atoms with Gasteiger partial charge >= 0.3 is 12.1 Å². The topological polar surface area (TPSA) is 105 Å². The molecule has 1 aromatic carbocycles. The Bertz CT molecular complexity index is 1330. The summed E-state index contributed by atoms with van der Waals surface area (Å²) in [4.78, 5) is 27.8. The van der Waals surface area contributed by atoms with Crippen molar-refractivity contribution in [1.29, 1.82) is 0 Å². The van der Waals surface area contributed by atoms with Gasteiger partial charge in [0.25, 0.3) is 5.92 Å². The molecule has 1 aliphatic carbocycles. The molecule has 1 saturated heterocycles. The van der Waals surface area contributed by atoms with Crippen LogP contribution in [0.3, 0.4) is 0 Å². The van der Waals surface area contributed by atoms with Crippen molar-refractivity contribution in [3.05, 3.63) is 47.2 Å². The van der Waals surface area contributed by atoms with Crippen LogP contribution in [-0.2, 0) is 25.6 Å². The number of rotatable bonds is 5. The number of alkyl halides is 5. The molecule has 2 aliphatic rings. The van der Waals surface area contributed by atoms with Crippen molar-refractivity contribution < 1.29 is 45.1 Å². The minimum absolute atomic E-state index is 0.0131. The average Bonchev–Trinajstić information content (AvgIpc) is 3.23. The normalized spacial score (nSPS) is 23.8. The second-order valence-electron chi connectivity index (χ2n) is 8.82. The van der Waals surface area contributed by atoms with E-state index < -0.39 is 87.3 Å². The first-order valence-corrected chi connectivity index (χ1v) is 12.5. The molecule has 1 aliphatic heterocycles. The lowest BCUT2D eigenvalue weighted by molar-refractivity contribution is -0.172. The number of carboxylic acids is 1. The number of hydrogen-bond acceptors (Lipinski definition) is 5. The molecule has 0 radical (unpaired) electrons. The van der Waals surface area contributed by atoms with Crippen LogP contribution < -0.4 is 0 Å². The number of hydrogen-bond donors (Lipinski definition) is 1. The van der Waals surface area contributed by atoms with Gasteiger partial charge in [-0.05, 0) is 48.2 Å². The Labute approximate surface area is 206 Å². The number of aliphatic carboxylic acids is 1. The van der Waals surface area contributed by atoms with Crippen LogP contribution in [0.4, 0.5) is 22.0 Å². The van der Waals surface area contributed by atoms with Gasteiger partial charge in [-0.1, -0.05) is 17.7 Å². The first-order chi connectivity index (χ1) is 16.6. The molecule has 1 saturated carbocycles. The average molecular weight is 553 g/mol. The molecule has 14 heteroatoms. The van der Waals surface area contributed by atoms with Crippen molar-refractivity contribution in [1.82, 2.24) is 9.88 Å². The summed E-state index contributed by atoms with van der Waals surface area (Å²) < 4.78 is 94.9. The molecular formula is C22H18ClF5N2O5S. The number of benzene rings is 1. The Morgan fingerprint density at radius 3 is 2.22 bits per heavy atom. The van der Waals surface area contributed by atoms with E-state index in [9.17, 15) is 45.1 Å². The number of halogens is 6. The van der Waals surface area contributed by atoms with Crippen LogP contribution in [0.25, 0.3) is 11.1 Å². The van der Waals surface area contributed by atoms with E-state index in [1.165, 1.54) is 18.3 Å². The third kappa shape index (κ3) is 4.90. The Morgan fingerprint density at radius 2 is 1.67 bits per heavy atom. The maximum atomic E-state index is 14.0. The Kier molecular flexibility index (Phi) is 6.53. The van der Waals surface area contributed by atoms with Crippen LogP contribution in [0.2, 0.25) is 5.15 Å². The van der Waals surface area contributed by atoms with Crippen LogP contribution in [0.1, 0.15) is 18.4 Å². The first-order valence-electron chi connectivity index (χ1n) is 10.6. The molecule has 2 aromatic rings. The largest absolute Gasteiger partial charge is 0.481 e. The van der Waals surface area contributed by atoms with Gasteiger partial charge in [0, 0.05) is 6.20 Å². The summed E-state index contributed by atoms with van der Waals surface area (Å²) in [7, 11) is -4.77. The number of carboxylic acid groups (broad SMARTS) is 1. The van der Waals surface area contributed by atoms with Crippen LogP contribution in [0.5, 0.6) is 0 Å². The summed E-state index contributed by atoms with van der Waals surface area (Å²) in [5.41, 5.74) is -1.18. The zero-order valence-electron chi connectivity index (χ0n) is 18.2. The van der Waals surface area contributed by atoms with Crippen molar-refractivity contribution in [3.8, 4) is 11.1 Å². The summed E-state index contributed by atoms with van der Waals surface area (Å²) in [6.07, 6.45) is -5.04. The quantitative estimate of drug-likeness (QED) is 0.441. The SMILES string of the molecule is O=C(O)[C@@H]1C[C@H](S(=O)(=O)c2ccc(-c3ccnc(Cl)c3)cc2C(F)(F)F)C[C@H]1C(=O)N1CC(F)(F)C1. The third-order valence-corrected chi connectivity index (χ3v) is 8.84. The second-order valence-corrected chi connectivity index (χ2v) is 11.4. The number of carbonyl (C=O) groups excluding carboxylic acids is 1. The smallest absolute Gasteiger partial charge is 0.417 e. The molecule has 3 atom stereocenters. The maximum Gasteiger partial charge on any atom is 0.417 e. The highest BCUT2D eigenvalue weighted by molar-refractivity contribution is 7.92. The Hall–Kier alpha value is -2.80. The lowest BCUT2D eigenvalue weighted by Gasteiger charge is -2.40. The minimum atomic E-state index is -5.08. The van der Waals surface area contributed by atoms with Crippen LogP contribution in [0, 0.1) is 11.8 Å². The molecule has 0 unspecified atom stereocenters. The number of sulfone groups is 1. The van der Waals surface area contributed by atoms with E-state index in [4.69, 9.17) is 11.6 Å². The minimum Gasteiger partial charge on any atom is -0.481 e. The fourth-order valence-corrected chi connectivity index (χ4v) is 6.83. The van der Waals surface area contributed by atoms with Gasteiger partial charge in [-0.25, -0.2) is 22.2 Å². The Morgan fingerprint density at radius 1 is 1.06 bits per heavy atom. The third-order valence-electron chi connectivity index (χ3n) is 6.40. The summed E-state index contributed by atoms with van der Waals surface area (Å²) in [6.45, 7) is -1.85. The van der Waals surface area contributed by atoms with Crippen LogP contribution >= 0.6 is 11.6 Å². The number of aromatic nitrogens is 1. The van der Waals surface area contributed by atoms with Crippen LogP contribution in [0.15, 0.2) is 41.4 Å². The second kappa shape index (κ2) is 8.94. The van der Waals surface area contributed by atoms with Gasteiger partial charge in [-0.15, -0.1) is 0 Å².